The number of fused-ring (bicyclic) bond motifs is 1. The SMILES string of the molecule is O=C1CCC(N2Cc3cc(CNC(=O)C(F)(F)c4c(F)cccc4F)ccc3C2=O)C(=O)N1. The second kappa shape index (κ2) is 8.30. The summed E-state index contributed by atoms with van der Waals surface area (Å²) in [5, 5.41) is 4.15. The standard InChI is InChI=1S/C22H17F4N3O4/c23-14-2-1-3-15(24)18(14)22(25,26)21(33)27-9-11-4-5-13-12(8-11)10-29(20(13)32)16-6-7-17(30)28-19(16)31/h1-5,8,16H,6-7,9-10H2,(H,27,33)(H,28,30,31). The Balaban J connectivity index is 1.46. The highest BCUT2D eigenvalue weighted by molar-refractivity contribution is 6.05. The first-order chi connectivity index (χ1) is 15.6. The fourth-order valence-electron chi connectivity index (χ4n) is 3.94. The van der Waals surface area contributed by atoms with E-state index in [-0.39, 0.29) is 25.9 Å². The fourth-order valence-corrected chi connectivity index (χ4v) is 3.94. The van der Waals surface area contributed by atoms with E-state index < -0.39 is 52.8 Å². The monoisotopic (exact) mass is 463 g/mol. The van der Waals surface area contributed by atoms with Gasteiger partial charge in [-0.15, -0.1) is 0 Å². The summed E-state index contributed by atoms with van der Waals surface area (Å²) in [6, 6.07) is 5.76. The molecule has 0 spiro atoms. The van der Waals surface area contributed by atoms with Crippen LogP contribution in [0.3, 0.4) is 0 Å². The van der Waals surface area contributed by atoms with E-state index in [0.29, 0.717) is 28.8 Å². The van der Waals surface area contributed by atoms with Crippen molar-refractivity contribution < 1.29 is 36.7 Å². The van der Waals surface area contributed by atoms with Gasteiger partial charge in [-0.05, 0) is 35.7 Å². The highest BCUT2D eigenvalue weighted by Gasteiger charge is 2.45. The van der Waals surface area contributed by atoms with E-state index in [1.165, 1.54) is 23.1 Å². The second-order valence-corrected chi connectivity index (χ2v) is 7.75. The van der Waals surface area contributed by atoms with E-state index in [0.717, 1.165) is 6.07 Å². The van der Waals surface area contributed by atoms with E-state index in [4.69, 9.17) is 0 Å². The van der Waals surface area contributed by atoms with Gasteiger partial charge < -0.3 is 10.2 Å². The van der Waals surface area contributed by atoms with Crippen LogP contribution in [0.25, 0.3) is 0 Å². The van der Waals surface area contributed by atoms with Crippen LogP contribution in [-0.2, 0) is 33.4 Å². The van der Waals surface area contributed by atoms with Gasteiger partial charge in [0.15, 0.2) is 0 Å². The highest BCUT2D eigenvalue weighted by Crippen LogP contribution is 2.33. The van der Waals surface area contributed by atoms with E-state index in [2.05, 4.69) is 5.32 Å². The molecule has 4 amide bonds. The molecule has 2 aliphatic heterocycles. The normalized spacial score (nSPS) is 18.2. The molecule has 0 bridgehead atoms. The molecule has 4 rings (SSSR count). The molecule has 0 aliphatic carbocycles. The van der Waals surface area contributed by atoms with Crippen LogP contribution in [0.5, 0.6) is 0 Å². The largest absolute Gasteiger partial charge is 0.355 e. The summed E-state index contributed by atoms with van der Waals surface area (Å²) in [5.41, 5.74) is -0.441. The molecule has 33 heavy (non-hydrogen) atoms. The second-order valence-electron chi connectivity index (χ2n) is 7.75. The van der Waals surface area contributed by atoms with Crippen LogP contribution in [-0.4, -0.2) is 34.6 Å². The van der Waals surface area contributed by atoms with Crippen LogP contribution in [0.1, 0.15) is 39.9 Å². The van der Waals surface area contributed by atoms with Gasteiger partial charge in [0.25, 0.3) is 11.8 Å². The van der Waals surface area contributed by atoms with Crippen molar-refractivity contribution in [1.82, 2.24) is 15.5 Å². The Labute approximate surface area is 184 Å². The molecule has 0 saturated carbocycles. The number of carbonyl (C=O) groups excluding carboxylic acids is 4. The summed E-state index contributed by atoms with van der Waals surface area (Å²) in [5.74, 6) is -10.8. The minimum atomic E-state index is -4.44. The Kier molecular flexibility index (Phi) is 5.64. The van der Waals surface area contributed by atoms with E-state index in [1.807, 2.05) is 5.32 Å². The summed E-state index contributed by atoms with van der Waals surface area (Å²) in [6.07, 6.45) is 0.291. The van der Waals surface area contributed by atoms with Gasteiger partial charge in [-0.1, -0.05) is 18.2 Å². The van der Waals surface area contributed by atoms with Gasteiger partial charge in [-0.25, -0.2) is 8.78 Å². The van der Waals surface area contributed by atoms with Crippen LogP contribution < -0.4 is 10.6 Å². The number of benzene rings is 2. The third-order valence-electron chi connectivity index (χ3n) is 5.60. The Hall–Kier alpha value is -3.76. The average Bonchev–Trinajstić information content (AvgIpc) is 3.07. The topological polar surface area (TPSA) is 95.6 Å². The minimum absolute atomic E-state index is 0.0683. The molecule has 1 fully saturated rings. The lowest BCUT2D eigenvalue weighted by molar-refractivity contribution is -0.148. The number of amides is 4. The molecule has 2 aliphatic rings. The van der Waals surface area contributed by atoms with Crippen LogP contribution in [0.2, 0.25) is 0 Å². The molecule has 7 nitrogen and oxygen atoms in total. The molecule has 2 heterocycles. The lowest BCUT2D eigenvalue weighted by Gasteiger charge is -2.29. The third-order valence-corrected chi connectivity index (χ3v) is 5.60. The van der Waals surface area contributed by atoms with Gasteiger partial charge in [0, 0.05) is 25.1 Å². The first-order valence-electron chi connectivity index (χ1n) is 9.96. The van der Waals surface area contributed by atoms with Crippen molar-refractivity contribution in [2.24, 2.45) is 0 Å². The summed E-state index contributed by atoms with van der Waals surface area (Å²) < 4.78 is 56.1. The summed E-state index contributed by atoms with van der Waals surface area (Å²) in [4.78, 5) is 49.5. The molecule has 2 aromatic carbocycles. The highest BCUT2D eigenvalue weighted by atomic mass is 19.3. The Morgan fingerprint density at radius 2 is 1.82 bits per heavy atom. The summed E-state index contributed by atoms with van der Waals surface area (Å²) in [7, 11) is 0. The molecule has 0 radical (unpaired) electrons. The first-order valence-corrected chi connectivity index (χ1v) is 9.96. The quantitative estimate of drug-likeness (QED) is 0.525. The summed E-state index contributed by atoms with van der Waals surface area (Å²) in [6.45, 7) is -0.316. The number of hydrogen-bond donors (Lipinski definition) is 2. The molecule has 2 N–H and O–H groups in total. The van der Waals surface area contributed by atoms with Crippen molar-refractivity contribution in [3.8, 4) is 0 Å². The molecule has 172 valence electrons. The number of halogens is 4. The Bertz CT molecular complexity index is 1160. The lowest BCUT2D eigenvalue weighted by atomic mass is 10.0. The lowest BCUT2D eigenvalue weighted by Crippen LogP contribution is -2.52. The van der Waals surface area contributed by atoms with Crippen molar-refractivity contribution in [2.45, 2.75) is 37.9 Å². The van der Waals surface area contributed by atoms with Gasteiger partial charge in [-0.3, -0.25) is 24.5 Å². The van der Waals surface area contributed by atoms with Gasteiger partial charge >= 0.3 is 5.92 Å². The van der Waals surface area contributed by atoms with Crippen molar-refractivity contribution in [3.05, 3.63) is 70.3 Å². The number of carbonyl (C=O) groups is 4. The van der Waals surface area contributed by atoms with Gasteiger partial charge in [0.05, 0.1) is 0 Å². The molecule has 0 aromatic heterocycles. The van der Waals surface area contributed by atoms with E-state index in [9.17, 15) is 36.7 Å². The van der Waals surface area contributed by atoms with Gasteiger partial charge in [0.1, 0.15) is 23.2 Å². The predicted molar refractivity (Wildman–Crippen MR) is 105 cm³/mol. The van der Waals surface area contributed by atoms with Crippen molar-refractivity contribution in [1.29, 1.82) is 0 Å². The van der Waals surface area contributed by atoms with Crippen molar-refractivity contribution in [2.75, 3.05) is 0 Å². The summed E-state index contributed by atoms with van der Waals surface area (Å²) >= 11 is 0. The Morgan fingerprint density at radius 1 is 1.12 bits per heavy atom. The van der Waals surface area contributed by atoms with Crippen LogP contribution >= 0.6 is 0 Å². The van der Waals surface area contributed by atoms with Gasteiger partial charge in [-0.2, -0.15) is 8.78 Å². The molecule has 11 heteroatoms. The third kappa shape index (κ3) is 4.06. The number of piperidine rings is 1. The Morgan fingerprint density at radius 3 is 2.48 bits per heavy atom. The molecule has 1 unspecified atom stereocenters. The van der Waals surface area contributed by atoms with Crippen LogP contribution in [0, 0.1) is 11.6 Å². The number of nitrogens with one attached hydrogen (secondary N) is 2. The van der Waals surface area contributed by atoms with E-state index >= 15 is 0 Å². The molecular weight excluding hydrogens is 446 g/mol. The van der Waals surface area contributed by atoms with Gasteiger partial charge in [0.2, 0.25) is 11.8 Å². The number of imide groups is 1. The predicted octanol–water partition coefficient (Wildman–Crippen LogP) is 2.13. The fraction of sp³-hybridized carbons (Fsp3) is 0.273. The number of hydrogen-bond acceptors (Lipinski definition) is 4. The van der Waals surface area contributed by atoms with Crippen molar-refractivity contribution >= 4 is 23.6 Å². The number of alkyl halides is 2. The zero-order chi connectivity index (χ0) is 23.9. The first kappa shape index (κ1) is 22.4. The number of rotatable bonds is 5. The maximum absolute atomic E-state index is 14.4. The smallest absolute Gasteiger partial charge is 0.346 e. The van der Waals surface area contributed by atoms with E-state index in [1.54, 1.807) is 0 Å². The molecule has 1 saturated heterocycles. The number of nitrogens with zero attached hydrogens (tertiary/aromatic N) is 1. The average molecular weight is 463 g/mol. The maximum Gasteiger partial charge on any atom is 0.355 e. The van der Waals surface area contributed by atoms with Crippen LogP contribution in [0.15, 0.2) is 36.4 Å². The molecular formula is C22H17F4N3O4. The van der Waals surface area contributed by atoms with Crippen LogP contribution in [0.4, 0.5) is 17.6 Å². The molecule has 1 atom stereocenters. The zero-order valence-corrected chi connectivity index (χ0v) is 17.0. The van der Waals surface area contributed by atoms with Crippen molar-refractivity contribution in [3.63, 3.8) is 0 Å². The zero-order valence-electron chi connectivity index (χ0n) is 17.0. The minimum Gasteiger partial charge on any atom is -0.346 e. The maximum atomic E-state index is 14.4. The molecule has 2 aromatic rings.